The third-order valence-corrected chi connectivity index (χ3v) is 2.19. The molecule has 1 rings (SSSR count). The lowest BCUT2D eigenvalue weighted by atomic mass is 10.3. The number of carbonyl (C=O) groups is 2. The molecule has 56 valence electrons. The van der Waals surface area contributed by atoms with Gasteiger partial charge in [-0.3, -0.25) is 4.79 Å². The summed E-state index contributed by atoms with van der Waals surface area (Å²) in [7, 11) is 0. The molecule has 0 spiro atoms. The molecule has 1 fully saturated rings. The lowest BCUT2D eigenvalue weighted by Gasteiger charge is -2.18. The maximum atomic E-state index is 10.6. The van der Waals surface area contributed by atoms with E-state index in [2.05, 4.69) is 5.32 Å². The number of thioether (sulfide) groups is 1. The quantitative estimate of drug-likeness (QED) is 0.534. The van der Waals surface area contributed by atoms with E-state index >= 15 is 0 Å². The van der Waals surface area contributed by atoms with Crippen LogP contribution < -0.4 is 5.32 Å². The average molecular weight is 161 g/mol. The normalized spacial score (nSPS) is 25.6. The van der Waals surface area contributed by atoms with Crippen molar-refractivity contribution in [2.45, 2.75) is 6.04 Å². The van der Waals surface area contributed by atoms with Crippen LogP contribution in [0.1, 0.15) is 0 Å². The Morgan fingerprint density at radius 2 is 2.50 bits per heavy atom. The third kappa shape index (κ3) is 1.63. The Hall–Kier alpha value is -0.710. The van der Waals surface area contributed by atoms with Gasteiger partial charge in [0.15, 0.2) is 0 Å². The van der Waals surface area contributed by atoms with Crippen molar-refractivity contribution in [3.63, 3.8) is 0 Å². The first kappa shape index (κ1) is 7.40. The molecule has 2 N–H and O–H groups in total. The molecule has 5 heteroatoms. The van der Waals surface area contributed by atoms with Crippen LogP contribution in [0.3, 0.4) is 0 Å². The largest absolute Gasteiger partial charge is 0.480 e. The summed E-state index contributed by atoms with van der Waals surface area (Å²) in [6.07, 6.45) is 0. The van der Waals surface area contributed by atoms with Gasteiger partial charge in [0.2, 0.25) is 5.91 Å². The molecule has 1 saturated heterocycles. The molecule has 4 nitrogen and oxygen atoms in total. The summed E-state index contributed by atoms with van der Waals surface area (Å²) >= 11 is 1.35. The molecular formula is C5H7NO3S. The molecule has 1 heterocycles. The van der Waals surface area contributed by atoms with E-state index in [0.717, 1.165) is 0 Å². The molecule has 0 radical (unpaired) electrons. The highest BCUT2D eigenvalue weighted by Crippen LogP contribution is 2.07. The maximum absolute atomic E-state index is 10.6. The van der Waals surface area contributed by atoms with Crippen LogP contribution in [0.2, 0.25) is 0 Å². The molecule has 1 aliphatic heterocycles. The van der Waals surface area contributed by atoms with Crippen molar-refractivity contribution < 1.29 is 14.7 Å². The number of amides is 1. The van der Waals surface area contributed by atoms with Gasteiger partial charge in [-0.25, -0.2) is 4.79 Å². The first-order valence-electron chi connectivity index (χ1n) is 2.80. The van der Waals surface area contributed by atoms with Gasteiger partial charge in [0.25, 0.3) is 0 Å². The fourth-order valence-electron chi connectivity index (χ4n) is 0.680. The predicted octanol–water partition coefficient (Wildman–Crippen LogP) is -0.697. The summed E-state index contributed by atoms with van der Waals surface area (Å²) in [5.74, 6) is -0.297. The van der Waals surface area contributed by atoms with Crippen molar-refractivity contribution in [2.24, 2.45) is 0 Å². The molecule has 0 aliphatic carbocycles. The van der Waals surface area contributed by atoms with Crippen molar-refractivity contribution >= 4 is 23.6 Å². The van der Waals surface area contributed by atoms with E-state index in [-0.39, 0.29) is 5.91 Å². The molecule has 10 heavy (non-hydrogen) atoms. The first-order chi connectivity index (χ1) is 4.70. The van der Waals surface area contributed by atoms with Crippen LogP contribution in [-0.2, 0) is 9.59 Å². The van der Waals surface area contributed by atoms with Crippen molar-refractivity contribution in [2.75, 3.05) is 11.5 Å². The van der Waals surface area contributed by atoms with Crippen molar-refractivity contribution in [3.8, 4) is 0 Å². The van der Waals surface area contributed by atoms with E-state index in [1.165, 1.54) is 11.8 Å². The number of hydrogen-bond donors (Lipinski definition) is 2. The van der Waals surface area contributed by atoms with Crippen molar-refractivity contribution in [1.29, 1.82) is 0 Å². The van der Waals surface area contributed by atoms with Crippen LogP contribution in [0, 0.1) is 0 Å². The Morgan fingerprint density at radius 3 is 2.90 bits per heavy atom. The Balaban J connectivity index is 2.47. The third-order valence-electron chi connectivity index (χ3n) is 1.15. The highest BCUT2D eigenvalue weighted by atomic mass is 32.2. The standard InChI is InChI=1S/C5H7NO3S/c7-4-2-10-1-3(6-4)5(8)9/h3H,1-2H2,(H,6,7)(H,8,9)/t3-/m0/s1. The van der Waals surface area contributed by atoms with Gasteiger partial charge >= 0.3 is 5.97 Å². The van der Waals surface area contributed by atoms with Gasteiger partial charge in [-0.2, -0.15) is 0 Å². The zero-order valence-electron chi connectivity index (χ0n) is 5.16. The van der Waals surface area contributed by atoms with Gasteiger partial charge < -0.3 is 10.4 Å². The van der Waals surface area contributed by atoms with E-state index < -0.39 is 12.0 Å². The maximum Gasteiger partial charge on any atom is 0.327 e. The highest BCUT2D eigenvalue weighted by Gasteiger charge is 2.23. The van der Waals surface area contributed by atoms with Gasteiger partial charge in [-0.15, -0.1) is 11.8 Å². The molecule has 0 aromatic carbocycles. The summed E-state index contributed by atoms with van der Waals surface area (Å²) in [5.41, 5.74) is 0. The number of carboxylic acid groups (broad SMARTS) is 1. The fourth-order valence-corrected chi connectivity index (χ4v) is 1.53. The SMILES string of the molecule is O=C1CSC[C@@H](C(=O)O)N1. The van der Waals surface area contributed by atoms with Gasteiger partial charge in [0.1, 0.15) is 6.04 Å². The molecule has 1 atom stereocenters. The monoisotopic (exact) mass is 161 g/mol. The lowest BCUT2D eigenvalue weighted by Crippen LogP contribution is -2.46. The minimum Gasteiger partial charge on any atom is -0.480 e. The minimum absolute atomic E-state index is 0.191. The molecule has 0 unspecified atom stereocenters. The van der Waals surface area contributed by atoms with E-state index in [1.54, 1.807) is 0 Å². The highest BCUT2D eigenvalue weighted by molar-refractivity contribution is 8.00. The van der Waals surface area contributed by atoms with Crippen LogP contribution in [0.25, 0.3) is 0 Å². The predicted molar refractivity (Wildman–Crippen MR) is 36.9 cm³/mol. The Labute approximate surface area is 62.0 Å². The van der Waals surface area contributed by atoms with Gasteiger partial charge in [0, 0.05) is 5.75 Å². The van der Waals surface area contributed by atoms with E-state index in [4.69, 9.17) is 5.11 Å². The molecule has 0 bridgehead atoms. The molecule has 0 aromatic heterocycles. The van der Waals surface area contributed by atoms with E-state index in [0.29, 0.717) is 11.5 Å². The summed E-state index contributed by atoms with van der Waals surface area (Å²) in [5, 5.41) is 10.8. The summed E-state index contributed by atoms with van der Waals surface area (Å²) in [6, 6.07) is -0.689. The smallest absolute Gasteiger partial charge is 0.327 e. The molecule has 0 saturated carbocycles. The number of carboxylic acids is 1. The van der Waals surface area contributed by atoms with Crippen molar-refractivity contribution in [1.82, 2.24) is 5.32 Å². The molecule has 1 aliphatic rings. The molecule has 0 aromatic rings. The van der Waals surface area contributed by atoms with E-state index in [1.807, 2.05) is 0 Å². The van der Waals surface area contributed by atoms with Crippen LogP contribution >= 0.6 is 11.8 Å². The molecule has 1 amide bonds. The average Bonchev–Trinajstić information content (AvgIpc) is 1.88. The van der Waals surface area contributed by atoms with Crippen LogP contribution in [-0.4, -0.2) is 34.5 Å². The number of nitrogens with one attached hydrogen (secondary N) is 1. The number of carbonyl (C=O) groups excluding carboxylic acids is 1. The number of aliphatic carboxylic acids is 1. The number of hydrogen-bond acceptors (Lipinski definition) is 3. The zero-order chi connectivity index (χ0) is 7.56. The van der Waals surface area contributed by atoms with Crippen molar-refractivity contribution in [3.05, 3.63) is 0 Å². The van der Waals surface area contributed by atoms with Gasteiger partial charge in [-0.05, 0) is 0 Å². The summed E-state index contributed by atoms with van der Waals surface area (Å²) < 4.78 is 0. The zero-order valence-corrected chi connectivity index (χ0v) is 5.98. The molecular weight excluding hydrogens is 154 g/mol. The second-order valence-corrected chi connectivity index (χ2v) is 3.00. The van der Waals surface area contributed by atoms with Crippen LogP contribution in [0.15, 0.2) is 0 Å². The fraction of sp³-hybridized carbons (Fsp3) is 0.600. The Kier molecular flexibility index (Phi) is 2.16. The van der Waals surface area contributed by atoms with Crippen LogP contribution in [0.4, 0.5) is 0 Å². The van der Waals surface area contributed by atoms with E-state index in [9.17, 15) is 9.59 Å². The summed E-state index contributed by atoms with van der Waals surface area (Å²) in [6.45, 7) is 0. The second-order valence-electron chi connectivity index (χ2n) is 1.97. The Bertz CT molecular complexity index is 168. The van der Waals surface area contributed by atoms with Gasteiger partial charge in [-0.1, -0.05) is 0 Å². The van der Waals surface area contributed by atoms with Gasteiger partial charge in [0.05, 0.1) is 5.75 Å². The topological polar surface area (TPSA) is 66.4 Å². The Morgan fingerprint density at radius 1 is 1.80 bits per heavy atom. The minimum atomic E-state index is -0.958. The lowest BCUT2D eigenvalue weighted by molar-refractivity contribution is -0.140. The second kappa shape index (κ2) is 2.92. The number of rotatable bonds is 1. The first-order valence-corrected chi connectivity index (χ1v) is 3.95. The van der Waals surface area contributed by atoms with Crippen LogP contribution in [0.5, 0.6) is 0 Å². The summed E-state index contributed by atoms with van der Waals surface area (Å²) in [4.78, 5) is 20.9.